The second kappa shape index (κ2) is 7.58. The molecule has 0 spiro atoms. The predicted molar refractivity (Wildman–Crippen MR) is 90.0 cm³/mol. The second-order valence-corrected chi connectivity index (χ2v) is 7.67. The minimum atomic E-state index is 0.0831. The van der Waals surface area contributed by atoms with Crippen LogP contribution in [0, 0.1) is 5.92 Å². The third kappa shape index (κ3) is 6.38. The van der Waals surface area contributed by atoms with Gasteiger partial charge in [-0.2, -0.15) is 0 Å². The number of ether oxygens (including phenoxy) is 1. The summed E-state index contributed by atoms with van der Waals surface area (Å²) in [6.07, 6.45) is 0.324. The molecule has 0 amide bonds. The van der Waals surface area contributed by atoms with Crippen molar-refractivity contribution in [3.8, 4) is 0 Å². The molecule has 0 fully saturated rings. The van der Waals surface area contributed by atoms with Gasteiger partial charge in [-0.1, -0.05) is 41.9 Å². The van der Waals surface area contributed by atoms with E-state index in [0.29, 0.717) is 5.92 Å². The molecule has 20 heavy (non-hydrogen) atoms. The Balaban J connectivity index is 2.80. The van der Waals surface area contributed by atoms with Gasteiger partial charge in [0.2, 0.25) is 0 Å². The van der Waals surface area contributed by atoms with Crippen LogP contribution in [0.3, 0.4) is 0 Å². The van der Waals surface area contributed by atoms with E-state index in [4.69, 9.17) is 4.74 Å². The van der Waals surface area contributed by atoms with Crippen LogP contribution in [0.1, 0.15) is 53.2 Å². The summed E-state index contributed by atoms with van der Waals surface area (Å²) in [7, 11) is 0. The lowest BCUT2D eigenvalue weighted by Gasteiger charge is -2.29. The number of hydrogen-bond acceptors (Lipinski definition) is 2. The molecular formula is C17H28BrNO. The molecule has 0 saturated heterocycles. The van der Waals surface area contributed by atoms with Gasteiger partial charge in [0.1, 0.15) is 0 Å². The predicted octanol–water partition coefficient (Wildman–Crippen LogP) is 4.94. The van der Waals surface area contributed by atoms with Gasteiger partial charge in [0.25, 0.3) is 0 Å². The molecule has 0 aliphatic rings. The molecule has 0 aromatic heterocycles. The maximum Gasteiger partial charge on any atom is 0.0953 e. The van der Waals surface area contributed by atoms with Gasteiger partial charge in [0.15, 0.2) is 0 Å². The highest BCUT2D eigenvalue weighted by Gasteiger charge is 2.20. The topological polar surface area (TPSA) is 21.3 Å². The smallest absolute Gasteiger partial charge is 0.0953 e. The molecule has 2 nitrogen and oxygen atoms in total. The van der Waals surface area contributed by atoms with Gasteiger partial charge in [0, 0.05) is 16.6 Å². The highest BCUT2D eigenvalue weighted by atomic mass is 79.9. The highest BCUT2D eigenvalue weighted by molar-refractivity contribution is 9.10. The molecule has 1 N–H and O–H groups in total. The molecular weight excluding hydrogens is 314 g/mol. The van der Waals surface area contributed by atoms with Crippen LogP contribution in [0.4, 0.5) is 0 Å². The molecule has 0 heterocycles. The fourth-order valence-corrected chi connectivity index (χ4v) is 2.00. The zero-order valence-electron chi connectivity index (χ0n) is 13.5. The zero-order valence-corrected chi connectivity index (χ0v) is 15.1. The van der Waals surface area contributed by atoms with Crippen molar-refractivity contribution in [1.29, 1.82) is 0 Å². The molecule has 0 radical (unpaired) electrons. The summed E-state index contributed by atoms with van der Waals surface area (Å²) >= 11 is 3.48. The Morgan fingerprint density at radius 1 is 1.10 bits per heavy atom. The second-order valence-electron chi connectivity index (χ2n) is 6.76. The lowest BCUT2D eigenvalue weighted by atomic mass is 10.0. The van der Waals surface area contributed by atoms with E-state index in [2.05, 4.69) is 87.1 Å². The summed E-state index contributed by atoms with van der Waals surface area (Å²) in [6.45, 7) is 13.9. The van der Waals surface area contributed by atoms with Crippen LogP contribution in [-0.4, -0.2) is 18.2 Å². The molecule has 2 unspecified atom stereocenters. The molecule has 0 aliphatic carbocycles. The van der Waals surface area contributed by atoms with Crippen LogP contribution in [0.2, 0.25) is 0 Å². The first-order valence-electron chi connectivity index (χ1n) is 7.35. The minimum Gasteiger partial charge on any atom is -0.369 e. The van der Waals surface area contributed by atoms with E-state index < -0.39 is 0 Å². The molecule has 1 aromatic carbocycles. The summed E-state index contributed by atoms with van der Waals surface area (Å²) in [5.74, 6) is 0.516. The van der Waals surface area contributed by atoms with Crippen molar-refractivity contribution < 1.29 is 4.74 Å². The first-order chi connectivity index (χ1) is 9.19. The van der Waals surface area contributed by atoms with Gasteiger partial charge in [-0.15, -0.1) is 0 Å². The van der Waals surface area contributed by atoms with E-state index in [-0.39, 0.29) is 17.7 Å². The van der Waals surface area contributed by atoms with Crippen LogP contribution < -0.4 is 5.32 Å². The number of benzene rings is 1. The van der Waals surface area contributed by atoms with Crippen molar-refractivity contribution in [3.05, 3.63) is 34.3 Å². The van der Waals surface area contributed by atoms with Crippen LogP contribution >= 0.6 is 15.9 Å². The molecule has 3 heteroatoms. The molecule has 0 saturated carbocycles. The average Bonchev–Trinajstić information content (AvgIpc) is 2.34. The summed E-state index contributed by atoms with van der Waals surface area (Å²) in [5, 5.41) is 3.54. The van der Waals surface area contributed by atoms with Gasteiger partial charge >= 0.3 is 0 Å². The molecule has 114 valence electrons. The van der Waals surface area contributed by atoms with E-state index in [1.165, 1.54) is 5.56 Å². The van der Waals surface area contributed by atoms with E-state index >= 15 is 0 Å². The van der Waals surface area contributed by atoms with Gasteiger partial charge < -0.3 is 10.1 Å². The summed E-state index contributed by atoms with van der Waals surface area (Å²) < 4.78 is 7.35. The van der Waals surface area contributed by atoms with Crippen LogP contribution in [0.25, 0.3) is 0 Å². The SMILES string of the molecule is CC(C)C(C)OC(CNC(C)(C)C)c1ccc(Br)cc1. The monoisotopic (exact) mass is 341 g/mol. The van der Waals surface area contributed by atoms with Gasteiger partial charge in [-0.05, 0) is 51.3 Å². The van der Waals surface area contributed by atoms with E-state index in [0.717, 1.165) is 11.0 Å². The molecule has 0 aliphatic heterocycles. The third-order valence-corrected chi connectivity index (χ3v) is 3.91. The molecule has 1 rings (SSSR count). The normalized spacial score (nSPS) is 15.4. The van der Waals surface area contributed by atoms with Crippen LogP contribution in [-0.2, 0) is 4.74 Å². The van der Waals surface area contributed by atoms with Crippen molar-refractivity contribution in [1.82, 2.24) is 5.32 Å². The number of hydrogen-bond donors (Lipinski definition) is 1. The Morgan fingerprint density at radius 2 is 1.65 bits per heavy atom. The van der Waals surface area contributed by atoms with Crippen molar-refractivity contribution >= 4 is 15.9 Å². The average molecular weight is 342 g/mol. The van der Waals surface area contributed by atoms with Crippen molar-refractivity contribution in [2.45, 2.75) is 59.3 Å². The summed E-state index contributed by atoms with van der Waals surface area (Å²) in [4.78, 5) is 0. The van der Waals surface area contributed by atoms with E-state index in [9.17, 15) is 0 Å². The zero-order chi connectivity index (χ0) is 15.3. The molecule has 0 bridgehead atoms. The van der Waals surface area contributed by atoms with Crippen LogP contribution in [0.15, 0.2) is 28.7 Å². The standard InChI is InChI=1S/C17H28BrNO/c1-12(2)13(3)20-16(11-19-17(4,5)6)14-7-9-15(18)10-8-14/h7-10,12-13,16,19H,11H2,1-6H3. The maximum atomic E-state index is 6.26. The fourth-order valence-electron chi connectivity index (χ4n) is 1.74. The van der Waals surface area contributed by atoms with Gasteiger partial charge in [-0.25, -0.2) is 0 Å². The third-order valence-electron chi connectivity index (χ3n) is 3.38. The lowest BCUT2D eigenvalue weighted by molar-refractivity contribution is -0.0282. The Bertz CT molecular complexity index is 394. The molecule has 2 atom stereocenters. The minimum absolute atomic E-state index is 0.0831. The van der Waals surface area contributed by atoms with E-state index in [1.807, 2.05) is 0 Å². The fraction of sp³-hybridized carbons (Fsp3) is 0.647. The Labute approximate surface area is 132 Å². The highest BCUT2D eigenvalue weighted by Crippen LogP contribution is 2.23. The number of halogens is 1. The number of rotatable bonds is 6. The van der Waals surface area contributed by atoms with Crippen molar-refractivity contribution in [3.63, 3.8) is 0 Å². The van der Waals surface area contributed by atoms with Gasteiger partial charge in [0.05, 0.1) is 12.2 Å². The lowest BCUT2D eigenvalue weighted by Crippen LogP contribution is -2.39. The first-order valence-corrected chi connectivity index (χ1v) is 8.14. The Kier molecular flexibility index (Phi) is 6.70. The number of nitrogens with one attached hydrogen (secondary N) is 1. The maximum absolute atomic E-state index is 6.26. The first kappa shape index (κ1) is 17.7. The largest absolute Gasteiger partial charge is 0.369 e. The summed E-state index contributed by atoms with van der Waals surface area (Å²) in [5.41, 5.74) is 1.32. The van der Waals surface area contributed by atoms with Gasteiger partial charge in [-0.3, -0.25) is 0 Å². The van der Waals surface area contributed by atoms with Crippen LogP contribution in [0.5, 0.6) is 0 Å². The Morgan fingerprint density at radius 3 is 2.10 bits per heavy atom. The van der Waals surface area contributed by atoms with Crippen molar-refractivity contribution in [2.75, 3.05) is 6.54 Å². The Hall–Kier alpha value is -0.380. The summed E-state index contributed by atoms with van der Waals surface area (Å²) in [6, 6.07) is 8.41. The van der Waals surface area contributed by atoms with Crippen molar-refractivity contribution in [2.24, 2.45) is 5.92 Å². The quantitative estimate of drug-likeness (QED) is 0.791. The molecule has 1 aromatic rings. The van der Waals surface area contributed by atoms with E-state index in [1.54, 1.807) is 0 Å².